The molecular weight excluding hydrogens is 456 g/mol. The lowest BCUT2D eigenvalue weighted by atomic mass is 10.0. The number of nitrogens with one attached hydrogen (secondary N) is 2. The van der Waals surface area contributed by atoms with Crippen molar-refractivity contribution in [3.63, 3.8) is 0 Å². The molecule has 2 aliphatic heterocycles. The van der Waals surface area contributed by atoms with Crippen LogP contribution in [0.1, 0.15) is 46.3 Å². The van der Waals surface area contributed by atoms with Gasteiger partial charge in [-0.05, 0) is 54.8 Å². The summed E-state index contributed by atoms with van der Waals surface area (Å²) in [6.45, 7) is 3.71. The molecule has 2 N–H and O–H groups in total. The molecule has 1 atom stereocenters. The fourth-order valence-corrected chi connectivity index (χ4v) is 5.12. The number of amides is 1. The Morgan fingerprint density at radius 3 is 2.81 bits per heavy atom. The highest BCUT2D eigenvalue weighted by Gasteiger charge is 2.27. The standard InChI is InChI=1S/C27H30N6O3/c1-35-22-5-2-18(3-6-22)26-16-33-25(17-36-26)24(30-31-33)15-32-12-9-21(10-13-32)29-27(34)20-4-7-23-19(14-20)8-11-28-23/h2-8,11,14,21,26,28H,9-10,12-13,15-17H2,1H3,(H,29,34)/t26-/m0/s1. The molecule has 2 aromatic heterocycles. The van der Waals surface area contributed by atoms with Gasteiger partial charge in [-0.3, -0.25) is 9.69 Å². The van der Waals surface area contributed by atoms with E-state index in [2.05, 4.69) is 25.5 Å². The van der Waals surface area contributed by atoms with Gasteiger partial charge >= 0.3 is 0 Å². The van der Waals surface area contributed by atoms with Crippen molar-refractivity contribution in [2.75, 3.05) is 20.2 Å². The molecule has 2 aliphatic rings. The fourth-order valence-electron chi connectivity index (χ4n) is 5.12. The Morgan fingerprint density at radius 1 is 1.17 bits per heavy atom. The Hall–Kier alpha value is -3.69. The minimum Gasteiger partial charge on any atom is -0.497 e. The summed E-state index contributed by atoms with van der Waals surface area (Å²) in [4.78, 5) is 18.3. The number of likely N-dealkylation sites (tertiary alicyclic amines) is 1. The lowest BCUT2D eigenvalue weighted by Crippen LogP contribution is -2.44. The van der Waals surface area contributed by atoms with Gasteiger partial charge in [0.1, 0.15) is 17.5 Å². The number of piperidine rings is 1. The van der Waals surface area contributed by atoms with Gasteiger partial charge in [-0.15, -0.1) is 5.10 Å². The number of carbonyl (C=O) groups excluding carboxylic acids is 1. The van der Waals surface area contributed by atoms with Gasteiger partial charge in [0.05, 0.1) is 26.0 Å². The van der Waals surface area contributed by atoms with Crippen molar-refractivity contribution in [3.05, 3.63) is 77.2 Å². The highest BCUT2D eigenvalue weighted by molar-refractivity contribution is 5.98. The third-order valence-electron chi connectivity index (χ3n) is 7.28. The molecule has 0 aliphatic carbocycles. The second kappa shape index (κ2) is 9.75. The number of carbonyl (C=O) groups is 1. The smallest absolute Gasteiger partial charge is 0.251 e. The first-order valence-corrected chi connectivity index (χ1v) is 12.4. The van der Waals surface area contributed by atoms with E-state index in [4.69, 9.17) is 9.47 Å². The second-order valence-corrected chi connectivity index (χ2v) is 9.54. The van der Waals surface area contributed by atoms with Crippen molar-refractivity contribution in [2.24, 2.45) is 0 Å². The van der Waals surface area contributed by atoms with Gasteiger partial charge in [0.15, 0.2) is 0 Å². The predicted molar refractivity (Wildman–Crippen MR) is 135 cm³/mol. The zero-order valence-electron chi connectivity index (χ0n) is 20.3. The molecule has 4 aromatic rings. The van der Waals surface area contributed by atoms with E-state index in [-0.39, 0.29) is 18.1 Å². The molecular formula is C27H30N6O3. The SMILES string of the molecule is COc1ccc([C@@H]2Cn3nnc(CN4CCC(NC(=O)c5ccc6[nH]ccc6c5)CC4)c3CO2)cc1. The summed E-state index contributed by atoms with van der Waals surface area (Å²) in [7, 11) is 1.67. The first-order valence-electron chi connectivity index (χ1n) is 12.4. The van der Waals surface area contributed by atoms with E-state index in [1.807, 2.05) is 59.4 Å². The van der Waals surface area contributed by atoms with Crippen LogP contribution in [0.4, 0.5) is 0 Å². The summed E-state index contributed by atoms with van der Waals surface area (Å²) in [5, 5.41) is 13.2. The van der Waals surface area contributed by atoms with Crippen LogP contribution in [-0.2, 0) is 24.4 Å². The molecule has 1 fully saturated rings. The van der Waals surface area contributed by atoms with E-state index >= 15 is 0 Å². The lowest BCUT2D eigenvalue weighted by molar-refractivity contribution is -0.00218. The molecule has 0 bridgehead atoms. The Labute approximate surface area is 209 Å². The molecule has 0 saturated carbocycles. The van der Waals surface area contributed by atoms with Gasteiger partial charge in [-0.25, -0.2) is 4.68 Å². The molecule has 2 aromatic carbocycles. The number of methoxy groups -OCH3 is 1. The van der Waals surface area contributed by atoms with Crippen LogP contribution in [0.25, 0.3) is 10.9 Å². The Kier molecular flexibility index (Phi) is 6.16. The summed E-state index contributed by atoms with van der Waals surface area (Å²) in [5.74, 6) is 0.826. The minimum absolute atomic E-state index is 0.00696. The van der Waals surface area contributed by atoms with Crippen LogP contribution in [0.3, 0.4) is 0 Å². The molecule has 1 saturated heterocycles. The van der Waals surface area contributed by atoms with Crippen molar-refractivity contribution in [1.29, 1.82) is 0 Å². The van der Waals surface area contributed by atoms with Crippen molar-refractivity contribution in [1.82, 2.24) is 30.2 Å². The predicted octanol–water partition coefficient (Wildman–Crippen LogP) is 3.43. The molecule has 0 spiro atoms. The highest BCUT2D eigenvalue weighted by atomic mass is 16.5. The quantitative estimate of drug-likeness (QED) is 0.433. The molecule has 6 rings (SSSR count). The normalized spacial score (nSPS) is 18.8. The maximum atomic E-state index is 12.8. The Bertz CT molecular complexity index is 1350. The number of aromatic nitrogens is 4. The first-order chi connectivity index (χ1) is 17.7. The Balaban J connectivity index is 1.02. The van der Waals surface area contributed by atoms with E-state index in [1.54, 1.807) is 7.11 Å². The second-order valence-electron chi connectivity index (χ2n) is 9.54. The number of hydrogen-bond acceptors (Lipinski definition) is 6. The zero-order valence-corrected chi connectivity index (χ0v) is 20.3. The number of rotatable bonds is 6. The average molecular weight is 487 g/mol. The van der Waals surface area contributed by atoms with Gasteiger partial charge in [-0.2, -0.15) is 0 Å². The van der Waals surface area contributed by atoms with Gasteiger partial charge < -0.3 is 19.8 Å². The lowest BCUT2D eigenvalue weighted by Gasteiger charge is -2.32. The maximum Gasteiger partial charge on any atom is 0.251 e. The maximum absolute atomic E-state index is 12.8. The number of nitrogens with zero attached hydrogens (tertiary/aromatic N) is 4. The molecule has 4 heterocycles. The van der Waals surface area contributed by atoms with Crippen LogP contribution in [0, 0.1) is 0 Å². The van der Waals surface area contributed by atoms with E-state index in [0.29, 0.717) is 18.7 Å². The molecule has 186 valence electrons. The van der Waals surface area contributed by atoms with Gasteiger partial charge in [0, 0.05) is 48.3 Å². The van der Waals surface area contributed by atoms with E-state index in [9.17, 15) is 4.79 Å². The molecule has 9 nitrogen and oxygen atoms in total. The largest absolute Gasteiger partial charge is 0.497 e. The van der Waals surface area contributed by atoms with E-state index in [1.165, 1.54) is 0 Å². The number of benzene rings is 2. The topological polar surface area (TPSA) is 97.3 Å². The minimum atomic E-state index is -0.0460. The van der Waals surface area contributed by atoms with Gasteiger partial charge in [0.25, 0.3) is 5.91 Å². The number of ether oxygens (including phenoxy) is 2. The summed E-state index contributed by atoms with van der Waals surface area (Å²) in [6, 6.07) is 15.9. The van der Waals surface area contributed by atoms with Crippen LogP contribution < -0.4 is 10.1 Å². The van der Waals surface area contributed by atoms with Crippen molar-refractivity contribution >= 4 is 16.8 Å². The number of H-pyrrole nitrogens is 1. The first kappa shape index (κ1) is 22.8. The summed E-state index contributed by atoms with van der Waals surface area (Å²) < 4.78 is 13.4. The number of hydrogen-bond donors (Lipinski definition) is 2. The van der Waals surface area contributed by atoms with Crippen LogP contribution in [-0.4, -0.2) is 57.0 Å². The summed E-state index contributed by atoms with van der Waals surface area (Å²) >= 11 is 0. The van der Waals surface area contributed by atoms with Crippen molar-refractivity contribution in [2.45, 2.75) is 44.7 Å². The summed E-state index contributed by atoms with van der Waals surface area (Å²) in [6.07, 6.45) is 3.67. The van der Waals surface area contributed by atoms with Crippen molar-refractivity contribution < 1.29 is 14.3 Å². The van der Waals surface area contributed by atoms with E-state index in [0.717, 1.165) is 66.1 Å². The third kappa shape index (κ3) is 4.59. The highest BCUT2D eigenvalue weighted by Crippen LogP contribution is 2.29. The molecule has 0 radical (unpaired) electrons. The van der Waals surface area contributed by atoms with Crippen LogP contribution in [0.2, 0.25) is 0 Å². The third-order valence-corrected chi connectivity index (χ3v) is 7.28. The number of fused-ring (bicyclic) bond motifs is 2. The molecule has 36 heavy (non-hydrogen) atoms. The van der Waals surface area contributed by atoms with E-state index < -0.39 is 0 Å². The molecule has 9 heteroatoms. The number of aromatic amines is 1. The van der Waals surface area contributed by atoms with Crippen molar-refractivity contribution in [3.8, 4) is 5.75 Å². The fraction of sp³-hybridized carbons (Fsp3) is 0.370. The monoisotopic (exact) mass is 486 g/mol. The summed E-state index contributed by atoms with van der Waals surface area (Å²) in [5.41, 5.74) is 4.88. The van der Waals surface area contributed by atoms with Gasteiger partial charge in [-0.1, -0.05) is 17.3 Å². The van der Waals surface area contributed by atoms with Crippen LogP contribution >= 0.6 is 0 Å². The molecule has 0 unspecified atom stereocenters. The molecule has 1 amide bonds. The Morgan fingerprint density at radius 2 is 2.00 bits per heavy atom. The van der Waals surface area contributed by atoms with Crippen LogP contribution in [0.5, 0.6) is 5.75 Å². The zero-order chi connectivity index (χ0) is 24.5. The van der Waals surface area contributed by atoms with Gasteiger partial charge in [0.2, 0.25) is 0 Å². The average Bonchev–Trinajstić information content (AvgIpc) is 3.56. The van der Waals surface area contributed by atoms with Crippen LogP contribution in [0.15, 0.2) is 54.7 Å².